The van der Waals surface area contributed by atoms with E-state index in [2.05, 4.69) is 4.98 Å². The first kappa shape index (κ1) is 15.1. The Hall–Kier alpha value is -0.310. The Labute approximate surface area is 122 Å². The summed E-state index contributed by atoms with van der Waals surface area (Å²) in [5, 5.41) is 0.599. The number of aryl methyl sites for hydroxylation is 1. The average Bonchev–Trinajstić information content (AvgIpc) is 2.64. The molecule has 1 aliphatic heterocycles. The van der Waals surface area contributed by atoms with Crippen molar-refractivity contribution in [2.24, 2.45) is 5.92 Å². The standard InChI is InChI=1S/C11H19N3O2S3/c1-8-10(18-11(12)13-8)17-7-9-4-3-5-14(6-9)19(2,15)16/h9H,3-7H2,1-2H3,(H2,12,13). The second-order valence-corrected chi connectivity index (χ2v) is 9.17. The molecule has 2 rings (SSSR count). The molecule has 2 N–H and O–H groups in total. The van der Waals surface area contributed by atoms with Crippen LogP contribution in [-0.2, 0) is 10.0 Å². The third-order valence-electron chi connectivity index (χ3n) is 3.17. The first-order valence-corrected chi connectivity index (χ1v) is 9.82. The van der Waals surface area contributed by atoms with Gasteiger partial charge in [-0.05, 0) is 25.7 Å². The van der Waals surface area contributed by atoms with E-state index < -0.39 is 10.0 Å². The van der Waals surface area contributed by atoms with Crippen LogP contribution in [0.15, 0.2) is 4.21 Å². The summed E-state index contributed by atoms with van der Waals surface area (Å²) in [6.07, 6.45) is 3.32. The van der Waals surface area contributed by atoms with Crippen molar-refractivity contribution in [3.8, 4) is 0 Å². The molecule has 0 aliphatic carbocycles. The van der Waals surface area contributed by atoms with Crippen molar-refractivity contribution in [3.05, 3.63) is 5.69 Å². The number of nitrogen functional groups attached to an aromatic ring is 1. The van der Waals surface area contributed by atoms with E-state index in [-0.39, 0.29) is 0 Å². The maximum absolute atomic E-state index is 11.6. The molecule has 5 nitrogen and oxygen atoms in total. The number of hydrogen-bond acceptors (Lipinski definition) is 6. The minimum atomic E-state index is -3.05. The predicted molar refractivity (Wildman–Crippen MR) is 81.1 cm³/mol. The van der Waals surface area contributed by atoms with Crippen LogP contribution in [0.5, 0.6) is 0 Å². The molecule has 1 saturated heterocycles. The highest BCUT2D eigenvalue weighted by molar-refractivity contribution is 8.01. The van der Waals surface area contributed by atoms with E-state index in [9.17, 15) is 8.42 Å². The zero-order valence-corrected chi connectivity index (χ0v) is 13.6. The second kappa shape index (κ2) is 5.99. The third kappa shape index (κ3) is 4.08. The fourth-order valence-corrected chi connectivity index (χ4v) is 5.31. The zero-order chi connectivity index (χ0) is 14.0. The van der Waals surface area contributed by atoms with Crippen LogP contribution in [0, 0.1) is 12.8 Å². The number of sulfonamides is 1. The molecule has 1 atom stereocenters. The van der Waals surface area contributed by atoms with Crippen molar-refractivity contribution >= 4 is 38.3 Å². The molecule has 0 amide bonds. The number of thioether (sulfide) groups is 1. The van der Waals surface area contributed by atoms with Crippen molar-refractivity contribution in [3.63, 3.8) is 0 Å². The Morgan fingerprint density at radius 3 is 2.89 bits per heavy atom. The lowest BCUT2D eigenvalue weighted by Crippen LogP contribution is -2.39. The molecule has 19 heavy (non-hydrogen) atoms. The van der Waals surface area contributed by atoms with E-state index in [1.807, 2.05) is 6.92 Å². The molecule has 0 spiro atoms. The minimum Gasteiger partial charge on any atom is -0.375 e. The van der Waals surface area contributed by atoms with Crippen molar-refractivity contribution in [1.29, 1.82) is 0 Å². The van der Waals surface area contributed by atoms with Crippen LogP contribution in [0.4, 0.5) is 5.13 Å². The van der Waals surface area contributed by atoms with Gasteiger partial charge in [-0.15, -0.1) is 11.8 Å². The Morgan fingerprint density at radius 1 is 1.58 bits per heavy atom. The van der Waals surface area contributed by atoms with Crippen LogP contribution in [0.1, 0.15) is 18.5 Å². The summed E-state index contributed by atoms with van der Waals surface area (Å²) in [6, 6.07) is 0. The molecule has 2 heterocycles. The number of anilines is 1. The fraction of sp³-hybridized carbons (Fsp3) is 0.727. The highest BCUT2D eigenvalue weighted by atomic mass is 32.2. The van der Waals surface area contributed by atoms with E-state index in [0.29, 0.717) is 24.1 Å². The Kier molecular flexibility index (Phi) is 4.75. The molecule has 108 valence electrons. The van der Waals surface area contributed by atoms with Crippen molar-refractivity contribution in [2.75, 3.05) is 30.8 Å². The topological polar surface area (TPSA) is 76.3 Å². The molecule has 1 aliphatic rings. The van der Waals surface area contributed by atoms with E-state index in [4.69, 9.17) is 5.73 Å². The van der Waals surface area contributed by atoms with E-state index in [1.165, 1.54) is 17.6 Å². The van der Waals surface area contributed by atoms with Gasteiger partial charge >= 0.3 is 0 Å². The van der Waals surface area contributed by atoms with Crippen LogP contribution in [0.2, 0.25) is 0 Å². The molecule has 1 aromatic rings. The summed E-state index contributed by atoms with van der Waals surface area (Å²) >= 11 is 3.25. The first-order valence-electron chi connectivity index (χ1n) is 6.17. The summed E-state index contributed by atoms with van der Waals surface area (Å²) in [5.74, 6) is 1.34. The van der Waals surface area contributed by atoms with Crippen LogP contribution in [0.3, 0.4) is 0 Å². The van der Waals surface area contributed by atoms with E-state index >= 15 is 0 Å². The number of aromatic nitrogens is 1. The molecular weight excluding hydrogens is 302 g/mol. The SMILES string of the molecule is Cc1nc(N)sc1SCC1CCCN(S(C)(=O)=O)C1. The molecule has 0 bridgehead atoms. The van der Waals surface area contributed by atoms with Gasteiger partial charge in [0.2, 0.25) is 10.0 Å². The Bertz CT molecular complexity index is 541. The normalized spacial score (nSPS) is 21.7. The van der Waals surface area contributed by atoms with Gasteiger partial charge in [0.1, 0.15) is 0 Å². The quantitative estimate of drug-likeness (QED) is 0.856. The Balaban J connectivity index is 1.91. The van der Waals surface area contributed by atoms with Gasteiger partial charge in [-0.3, -0.25) is 0 Å². The highest BCUT2D eigenvalue weighted by Crippen LogP contribution is 2.33. The van der Waals surface area contributed by atoms with Gasteiger partial charge in [-0.1, -0.05) is 11.3 Å². The maximum Gasteiger partial charge on any atom is 0.211 e. The first-order chi connectivity index (χ1) is 8.86. The van der Waals surface area contributed by atoms with Gasteiger partial charge < -0.3 is 5.73 Å². The molecule has 1 aromatic heterocycles. The van der Waals surface area contributed by atoms with Crippen LogP contribution < -0.4 is 5.73 Å². The summed E-state index contributed by atoms with van der Waals surface area (Å²) in [6.45, 7) is 3.25. The van der Waals surface area contributed by atoms with Gasteiger partial charge in [-0.2, -0.15) is 0 Å². The number of nitrogens with zero attached hydrogens (tertiary/aromatic N) is 2. The smallest absolute Gasteiger partial charge is 0.211 e. The molecule has 1 unspecified atom stereocenters. The van der Waals surface area contributed by atoms with Crippen LogP contribution in [0.25, 0.3) is 0 Å². The molecular formula is C11H19N3O2S3. The fourth-order valence-electron chi connectivity index (χ4n) is 2.19. The summed E-state index contributed by atoms with van der Waals surface area (Å²) in [5.41, 5.74) is 6.65. The molecule has 0 radical (unpaired) electrons. The van der Waals surface area contributed by atoms with Gasteiger partial charge in [-0.25, -0.2) is 17.7 Å². The average molecular weight is 321 g/mol. The number of rotatable bonds is 4. The summed E-state index contributed by atoms with van der Waals surface area (Å²) < 4.78 is 25.9. The lowest BCUT2D eigenvalue weighted by molar-refractivity contribution is 0.286. The maximum atomic E-state index is 11.6. The lowest BCUT2D eigenvalue weighted by Gasteiger charge is -2.30. The van der Waals surface area contributed by atoms with E-state index in [0.717, 1.165) is 28.5 Å². The number of thiazole rings is 1. The molecule has 0 saturated carbocycles. The van der Waals surface area contributed by atoms with E-state index in [1.54, 1.807) is 16.1 Å². The summed E-state index contributed by atoms with van der Waals surface area (Å²) in [4.78, 5) is 4.20. The Morgan fingerprint density at radius 2 is 2.32 bits per heavy atom. The van der Waals surface area contributed by atoms with Crippen molar-refractivity contribution in [2.45, 2.75) is 24.0 Å². The summed E-state index contributed by atoms with van der Waals surface area (Å²) in [7, 11) is -3.05. The van der Waals surface area contributed by atoms with Crippen molar-refractivity contribution in [1.82, 2.24) is 9.29 Å². The van der Waals surface area contributed by atoms with Crippen LogP contribution in [-0.4, -0.2) is 42.8 Å². The number of nitrogens with two attached hydrogens (primary N) is 1. The number of piperidine rings is 1. The van der Waals surface area contributed by atoms with Crippen molar-refractivity contribution < 1.29 is 8.42 Å². The highest BCUT2D eigenvalue weighted by Gasteiger charge is 2.26. The monoisotopic (exact) mass is 321 g/mol. The zero-order valence-electron chi connectivity index (χ0n) is 11.1. The van der Waals surface area contributed by atoms with Gasteiger partial charge in [0, 0.05) is 18.8 Å². The third-order valence-corrected chi connectivity index (χ3v) is 7.02. The number of hydrogen-bond donors (Lipinski definition) is 1. The lowest BCUT2D eigenvalue weighted by atomic mass is 10.0. The molecule has 8 heteroatoms. The predicted octanol–water partition coefficient (Wildman–Crippen LogP) is 1.80. The van der Waals surface area contributed by atoms with Crippen LogP contribution >= 0.6 is 23.1 Å². The molecule has 0 aromatic carbocycles. The molecule has 1 fully saturated rings. The van der Waals surface area contributed by atoms with Gasteiger partial charge in [0.25, 0.3) is 0 Å². The van der Waals surface area contributed by atoms with Gasteiger partial charge in [0.15, 0.2) is 5.13 Å². The minimum absolute atomic E-state index is 0.413. The largest absolute Gasteiger partial charge is 0.375 e. The second-order valence-electron chi connectivity index (χ2n) is 4.87. The van der Waals surface area contributed by atoms with Gasteiger partial charge in [0.05, 0.1) is 16.2 Å².